The van der Waals surface area contributed by atoms with E-state index in [1.54, 1.807) is 11.3 Å². The average Bonchev–Trinajstić information content (AvgIpc) is 3.18. The van der Waals surface area contributed by atoms with Gasteiger partial charge in [0, 0.05) is 32.3 Å². The van der Waals surface area contributed by atoms with Crippen LogP contribution in [0, 0.1) is 5.92 Å². The predicted octanol–water partition coefficient (Wildman–Crippen LogP) is 4.04. The first kappa shape index (κ1) is 22.2. The van der Waals surface area contributed by atoms with Gasteiger partial charge in [-0.15, -0.1) is 10.2 Å². The molecule has 32 heavy (non-hydrogen) atoms. The van der Waals surface area contributed by atoms with Gasteiger partial charge >= 0.3 is 0 Å². The molecule has 1 aliphatic carbocycles. The highest BCUT2D eigenvalue weighted by molar-refractivity contribution is 7.99. The third-order valence-corrected chi connectivity index (χ3v) is 8.42. The molecule has 0 aromatic carbocycles. The molecule has 1 unspecified atom stereocenters. The second-order valence-electron chi connectivity index (χ2n) is 9.37. The Morgan fingerprint density at radius 3 is 2.78 bits per heavy atom. The van der Waals surface area contributed by atoms with E-state index < -0.39 is 0 Å². The zero-order chi connectivity index (χ0) is 21.9. The van der Waals surface area contributed by atoms with E-state index in [4.69, 9.17) is 4.74 Å². The van der Waals surface area contributed by atoms with Gasteiger partial charge in [0.05, 0.1) is 18.4 Å². The maximum Gasteiger partial charge on any atom is 0.233 e. The molecule has 1 saturated carbocycles. The summed E-state index contributed by atoms with van der Waals surface area (Å²) >= 11 is 3.22. The summed E-state index contributed by atoms with van der Waals surface area (Å²) < 4.78 is 8.14. The van der Waals surface area contributed by atoms with Crippen LogP contribution >= 0.6 is 23.1 Å². The van der Waals surface area contributed by atoms with E-state index in [2.05, 4.69) is 48.3 Å². The Hall–Kier alpha value is -1.58. The number of hydrogen-bond acceptors (Lipinski definition) is 7. The van der Waals surface area contributed by atoms with Crippen LogP contribution in [0.15, 0.2) is 22.0 Å². The zero-order valence-electron chi connectivity index (χ0n) is 18.8. The number of amides is 1. The van der Waals surface area contributed by atoms with E-state index in [1.807, 2.05) is 0 Å². The number of nitrogens with zero attached hydrogens (tertiary/aromatic N) is 5. The Labute approximate surface area is 198 Å². The van der Waals surface area contributed by atoms with Crippen LogP contribution < -0.4 is 4.90 Å². The minimum Gasteiger partial charge on any atom is -0.376 e. The summed E-state index contributed by atoms with van der Waals surface area (Å²) in [7, 11) is 0. The number of ether oxygens (including phenoxy) is 1. The Kier molecular flexibility index (Phi) is 7.04. The molecule has 0 N–H and O–H groups in total. The first-order valence-corrected chi connectivity index (χ1v) is 13.8. The van der Waals surface area contributed by atoms with Crippen molar-refractivity contribution in [1.29, 1.82) is 0 Å². The summed E-state index contributed by atoms with van der Waals surface area (Å²) in [6.45, 7) is 6.68. The van der Waals surface area contributed by atoms with Gasteiger partial charge in [-0.2, -0.15) is 11.3 Å². The first-order chi connectivity index (χ1) is 15.7. The zero-order valence-corrected chi connectivity index (χ0v) is 20.5. The van der Waals surface area contributed by atoms with Crippen LogP contribution in [0.25, 0.3) is 0 Å². The molecular weight excluding hydrogens is 442 g/mol. The highest BCUT2D eigenvalue weighted by atomic mass is 32.2. The molecule has 0 radical (unpaired) electrons. The monoisotopic (exact) mass is 475 g/mol. The van der Waals surface area contributed by atoms with Crippen LogP contribution in [0.1, 0.15) is 51.0 Å². The van der Waals surface area contributed by atoms with E-state index >= 15 is 0 Å². The molecule has 9 heteroatoms. The minimum absolute atomic E-state index is 0.198. The molecule has 2 aromatic rings. The number of anilines is 1. The average molecular weight is 476 g/mol. The number of thioether (sulfide) groups is 1. The Bertz CT molecular complexity index is 884. The third-order valence-electron chi connectivity index (χ3n) is 6.74. The SMILES string of the molecule is CC1CCN(c2nnc(SCC(=O)N(Cc3ccsc3)C3CC3)n2CC2CCCO2)CC1. The Balaban J connectivity index is 1.28. The van der Waals surface area contributed by atoms with E-state index in [0.717, 1.165) is 68.9 Å². The molecular formula is C23H33N5O2S2. The van der Waals surface area contributed by atoms with Gasteiger partial charge in [0.2, 0.25) is 11.9 Å². The maximum absolute atomic E-state index is 13.1. The van der Waals surface area contributed by atoms with Crippen molar-refractivity contribution in [1.82, 2.24) is 19.7 Å². The maximum atomic E-state index is 13.1. The molecule has 3 fully saturated rings. The molecule has 7 nitrogen and oxygen atoms in total. The van der Waals surface area contributed by atoms with Gasteiger partial charge in [0.1, 0.15) is 0 Å². The molecule has 5 rings (SSSR count). The molecule has 2 aliphatic heterocycles. The molecule has 1 amide bonds. The Morgan fingerprint density at radius 2 is 2.09 bits per heavy atom. The smallest absolute Gasteiger partial charge is 0.233 e. The molecule has 174 valence electrons. The van der Waals surface area contributed by atoms with Gasteiger partial charge in [0.25, 0.3) is 0 Å². The van der Waals surface area contributed by atoms with Gasteiger partial charge in [0.15, 0.2) is 5.16 Å². The van der Waals surface area contributed by atoms with Crippen molar-refractivity contribution in [3.8, 4) is 0 Å². The van der Waals surface area contributed by atoms with Crippen LogP contribution in [0.3, 0.4) is 0 Å². The van der Waals surface area contributed by atoms with Crippen molar-refractivity contribution in [2.45, 2.75) is 75.8 Å². The molecule has 0 bridgehead atoms. The number of hydrogen-bond donors (Lipinski definition) is 0. The van der Waals surface area contributed by atoms with Gasteiger partial charge in [-0.05, 0) is 66.8 Å². The number of aromatic nitrogens is 3. The molecule has 1 atom stereocenters. The van der Waals surface area contributed by atoms with Crippen LogP contribution in [-0.2, 0) is 22.6 Å². The second-order valence-corrected chi connectivity index (χ2v) is 11.1. The van der Waals surface area contributed by atoms with Crippen molar-refractivity contribution in [2.24, 2.45) is 5.92 Å². The lowest BCUT2D eigenvalue weighted by atomic mass is 10.00. The summed E-state index contributed by atoms with van der Waals surface area (Å²) in [4.78, 5) is 17.6. The lowest BCUT2D eigenvalue weighted by Gasteiger charge is -2.31. The standard InChI is InChI=1S/C23H33N5O2S2/c1-17-6-9-26(10-7-17)22-24-25-23(28(22)14-20-3-2-11-30-20)32-16-21(29)27(19-4-5-19)13-18-8-12-31-15-18/h8,12,15,17,19-20H,2-7,9-11,13-14,16H2,1H3. The van der Waals surface area contributed by atoms with Gasteiger partial charge in [-0.1, -0.05) is 18.7 Å². The van der Waals surface area contributed by atoms with Crippen molar-refractivity contribution in [3.05, 3.63) is 22.4 Å². The lowest BCUT2D eigenvalue weighted by molar-refractivity contribution is -0.129. The van der Waals surface area contributed by atoms with E-state index in [9.17, 15) is 4.79 Å². The topological polar surface area (TPSA) is 63.5 Å². The molecule has 2 aromatic heterocycles. The third kappa shape index (κ3) is 5.31. The van der Waals surface area contributed by atoms with Crippen molar-refractivity contribution in [2.75, 3.05) is 30.3 Å². The van der Waals surface area contributed by atoms with E-state index in [-0.39, 0.29) is 12.0 Å². The highest BCUT2D eigenvalue weighted by Gasteiger charge is 2.33. The molecule has 2 saturated heterocycles. The van der Waals surface area contributed by atoms with Crippen molar-refractivity contribution in [3.63, 3.8) is 0 Å². The normalized spacial score (nSPS) is 21.9. The summed E-state index contributed by atoms with van der Waals surface area (Å²) in [5, 5.41) is 14.2. The number of carbonyl (C=O) groups excluding carboxylic acids is 1. The number of rotatable bonds is 9. The summed E-state index contributed by atoms with van der Waals surface area (Å²) in [5.41, 5.74) is 1.23. The first-order valence-electron chi connectivity index (χ1n) is 11.9. The van der Waals surface area contributed by atoms with Gasteiger partial charge < -0.3 is 14.5 Å². The summed E-state index contributed by atoms with van der Waals surface area (Å²) in [5.74, 6) is 2.31. The van der Waals surface area contributed by atoms with Crippen LogP contribution in [0.2, 0.25) is 0 Å². The largest absolute Gasteiger partial charge is 0.376 e. The second kappa shape index (κ2) is 10.1. The van der Waals surface area contributed by atoms with Gasteiger partial charge in [-0.3, -0.25) is 9.36 Å². The van der Waals surface area contributed by atoms with Crippen LogP contribution in [0.5, 0.6) is 0 Å². The van der Waals surface area contributed by atoms with Crippen LogP contribution in [0.4, 0.5) is 5.95 Å². The molecule has 3 aliphatic rings. The fourth-order valence-corrected chi connectivity index (χ4v) is 6.07. The van der Waals surface area contributed by atoms with Crippen LogP contribution in [-0.4, -0.2) is 63.2 Å². The van der Waals surface area contributed by atoms with Crippen molar-refractivity contribution < 1.29 is 9.53 Å². The quantitative estimate of drug-likeness (QED) is 0.510. The summed E-state index contributed by atoms with van der Waals surface area (Å²) in [6, 6.07) is 2.52. The fraction of sp³-hybridized carbons (Fsp3) is 0.696. The van der Waals surface area contributed by atoms with E-state index in [1.165, 1.54) is 30.2 Å². The molecule has 0 spiro atoms. The fourth-order valence-electron chi connectivity index (χ4n) is 4.58. The minimum atomic E-state index is 0.198. The van der Waals surface area contributed by atoms with Gasteiger partial charge in [-0.25, -0.2) is 0 Å². The number of thiophene rings is 1. The van der Waals surface area contributed by atoms with Crippen molar-refractivity contribution >= 4 is 35.0 Å². The summed E-state index contributed by atoms with van der Waals surface area (Å²) in [6.07, 6.45) is 7.02. The highest BCUT2D eigenvalue weighted by Crippen LogP contribution is 2.31. The predicted molar refractivity (Wildman–Crippen MR) is 128 cm³/mol. The number of piperidine rings is 1. The van der Waals surface area contributed by atoms with E-state index in [0.29, 0.717) is 18.3 Å². The lowest BCUT2D eigenvalue weighted by Crippen LogP contribution is -2.35. The molecule has 4 heterocycles. The Morgan fingerprint density at radius 1 is 1.25 bits per heavy atom. The number of carbonyl (C=O) groups is 1.